The van der Waals surface area contributed by atoms with Crippen molar-refractivity contribution in [1.29, 1.82) is 0 Å². The predicted octanol–water partition coefficient (Wildman–Crippen LogP) is 3.40. The summed E-state index contributed by atoms with van der Waals surface area (Å²) in [6, 6.07) is 4.13. The summed E-state index contributed by atoms with van der Waals surface area (Å²) in [4.78, 5) is 0. The van der Waals surface area contributed by atoms with Crippen LogP contribution < -0.4 is 14.8 Å². The van der Waals surface area contributed by atoms with Gasteiger partial charge in [-0.05, 0) is 49.5 Å². The lowest BCUT2D eigenvalue weighted by molar-refractivity contribution is 0.171. The first-order valence-corrected chi connectivity index (χ1v) is 7.54. The molecule has 106 valence electrons. The highest BCUT2D eigenvalue weighted by atomic mass is 79.9. The van der Waals surface area contributed by atoms with Crippen molar-refractivity contribution < 1.29 is 9.47 Å². The molecule has 1 aromatic rings. The van der Waals surface area contributed by atoms with Crippen molar-refractivity contribution in [2.75, 3.05) is 26.8 Å². The van der Waals surface area contributed by atoms with Crippen LogP contribution in [0.15, 0.2) is 16.6 Å². The van der Waals surface area contributed by atoms with Gasteiger partial charge in [-0.15, -0.1) is 0 Å². The molecule has 0 amide bonds. The fourth-order valence-corrected chi connectivity index (χ4v) is 2.86. The zero-order valence-corrected chi connectivity index (χ0v) is 13.5. The summed E-state index contributed by atoms with van der Waals surface area (Å²) in [6.45, 7) is 6.87. The Bertz CT molecular complexity index is 446. The highest BCUT2D eigenvalue weighted by molar-refractivity contribution is 9.10. The number of ether oxygens (including phenoxy) is 2. The zero-order chi connectivity index (χ0) is 13.9. The molecule has 0 aliphatic carbocycles. The van der Waals surface area contributed by atoms with Gasteiger partial charge in [-0.1, -0.05) is 29.8 Å². The smallest absolute Gasteiger partial charge is 0.162 e. The lowest BCUT2D eigenvalue weighted by Crippen LogP contribution is -2.27. The fraction of sp³-hybridized carbons (Fsp3) is 0.600. The summed E-state index contributed by atoms with van der Waals surface area (Å²) < 4.78 is 12.3. The second-order valence-corrected chi connectivity index (χ2v) is 6.64. The van der Waals surface area contributed by atoms with Gasteiger partial charge in [0.2, 0.25) is 0 Å². The Balaban J connectivity index is 2.08. The maximum atomic E-state index is 5.64. The topological polar surface area (TPSA) is 30.5 Å². The van der Waals surface area contributed by atoms with Gasteiger partial charge in [0.15, 0.2) is 11.5 Å². The normalized spacial score (nSPS) is 14.5. The molecule has 0 bridgehead atoms. The molecule has 0 aromatic heterocycles. The molecule has 19 heavy (non-hydrogen) atoms. The van der Waals surface area contributed by atoms with E-state index in [-0.39, 0.29) is 0 Å². The SMILES string of the molecule is CNCC(C)(C)CCc1cc2c(cc1Br)OCCO2. The van der Waals surface area contributed by atoms with E-state index in [9.17, 15) is 0 Å². The van der Waals surface area contributed by atoms with E-state index < -0.39 is 0 Å². The van der Waals surface area contributed by atoms with E-state index in [0.717, 1.165) is 35.4 Å². The third kappa shape index (κ3) is 3.86. The highest BCUT2D eigenvalue weighted by Crippen LogP contribution is 2.36. The molecule has 1 aromatic carbocycles. The van der Waals surface area contributed by atoms with Crippen LogP contribution in [0.25, 0.3) is 0 Å². The second kappa shape index (κ2) is 6.14. The van der Waals surface area contributed by atoms with Gasteiger partial charge in [0.05, 0.1) is 0 Å². The lowest BCUT2D eigenvalue weighted by atomic mass is 9.86. The van der Waals surface area contributed by atoms with Crippen LogP contribution in [-0.4, -0.2) is 26.8 Å². The number of nitrogens with one attached hydrogen (secondary N) is 1. The summed E-state index contributed by atoms with van der Waals surface area (Å²) in [5.41, 5.74) is 1.58. The third-order valence-corrected chi connectivity index (χ3v) is 4.18. The first kappa shape index (κ1) is 14.7. The summed E-state index contributed by atoms with van der Waals surface area (Å²) in [7, 11) is 2.00. The molecular formula is C15H22BrNO2. The minimum Gasteiger partial charge on any atom is -0.486 e. The molecule has 1 aliphatic rings. The van der Waals surface area contributed by atoms with Crippen LogP contribution in [-0.2, 0) is 6.42 Å². The van der Waals surface area contributed by atoms with Crippen molar-refractivity contribution >= 4 is 15.9 Å². The van der Waals surface area contributed by atoms with Crippen LogP contribution in [0.2, 0.25) is 0 Å². The van der Waals surface area contributed by atoms with Crippen LogP contribution in [0.5, 0.6) is 11.5 Å². The van der Waals surface area contributed by atoms with Crippen LogP contribution in [0.1, 0.15) is 25.8 Å². The van der Waals surface area contributed by atoms with Crippen molar-refractivity contribution in [3.63, 3.8) is 0 Å². The molecule has 3 nitrogen and oxygen atoms in total. The number of benzene rings is 1. The molecule has 0 saturated heterocycles. The van der Waals surface area contributed by atoms with Crippen molar-refractivity contribution in [1.82, 2.24) is 5.32 Å². The Morgan fingerprint density at radius 2 is 1.84 bits per heavy atom. The van der Waals surface area contributed by atoms with E-state index in [2.05, 4.69) is 41.2 Å². The van der Waals surface area contributed by atoms with Crippen molar-refractivity contribution in [2.45, 2.75) is 26.7 Å². The van der Waals surface area contributed by atoms with Gasteiger partial charge >= 0.3 is 0 Å². The summed E-state index contributed by atoms with van der Waals surface area (Å²) >= 11 is 3.63. The molecule has 1 aliphatic heterocycles. The van der Waals surface area contributed by atoms with Crippen molar-refractivity contribution in [3.8, 4) is 11.5 Å². The molecule has 2 rings (SSSR count). The average Bonchev–Trinajstić information content (AvgIpc) is 2.36. The van der Waals surface area contributed by atoms with Crippen LogP contribution in [0.4, 0.5) is 0 Å². The predicted molar refractivity (Wildman–Crippen MR) is 81.2 cm³/mol. The van der Waals surface area contributed by atoms with Gasteiger partial charge in [0.25, 0.3) is 0 Å². The second-order valence-electron chi connectivity index (χ2n) is 5.78. The Kier molecular flexibility index (Phi) is 4.74. The molecule has 0 atom stereocenters. The minimum absolute atomic E-state index is 0.293. The number of fused-ring (bicyclic) bond motifs is 1. The van der Waals surface area contributed by atoms with Crippen molar-refractivity contribution in [3.05, 3.63) is 22.2 Å². The Labute approximate surface area is 123 Å². The Morgan fingerprint density at radius 3 is 2.47 bits per heavy atom. The monoisotopic (exact) mass is 327 g/mol. The first-order chi connectivity index (χ1) is 9.02. The van der Waals surface area contributed by atoms with E-state index >= 15 is 0 Å². The van der Waals surface area contributed by atoms with E-state index in [0.29, 0.717) is 18.6 Å². The first-order valence-electron chi connectivity index (χ1n) is 6.74. The minimum atomic E-state index is 0.293. The molecule has 4 heteroatoms. The maximum Gasteiger partial charge on any atom is 0.162 e. The molecule has 1 heterocycles. The molecule has 1 N–H and O–H groups in total. The molecule has 0 radical (unpaired) electrons. The van der Waals surface area contributed by atoms with E-state index in [1.165, 1.54) is 5.56 Å². The number of halogens is 1. The van der Waals surface area contributed by atoms with Gasteiger partial charge in [0.1, 0.15) is 13.2 Å². The third-order valence-electron chi connectivity index (χ3n) is 3.44. The quantitative estimate of drug-likeness (QED) is 0.899. The zero-order valence-electron chi connectivity index (χ0n) is 11.9. The molecule has 0 unspecified atom stereocenters. The molecule has 0 fully saturated rings. The molecule has 0 saturated carbocycles. The number of hydrogen-bond donors (Lipinski definition) is 1. The van der Waals surface area contributed by atoms with Crippen LogP contribution in [0, 0.1) is 5.41 Å². The van der Waals surface area contributed by atoms with Crippen molar-refractivity contribution in [2.24, 2.45) is 5.41 Å². The Morgan fingerprint density at radius 1 is 1.21 bits per heavy atom. The number of aryl methyl sites for hydroxylation is 1. The van der Waals surface area contributed by atoms with Crippen LogP contribution >= 0.6 is 15.9 Å². The van der Waals surface area contributed by atoms with Gasteiger partial charge in [-0.3, -0.25) is 0 Å². The van der Waals surface area contributed by atoms with Gasteiger partial charge in [-0.2, -0.15) is 0 Å². The highest BCUT2D eigenvalue weighted by Gasteiger charge is 2.19. The Hall–Kier alpha value is -0.740. The largest absolute Gasteiger partial charge is 0.486 e. The van der Waals surface area contributed by atoms with Gasteiger partial charge in [-0.25, -0.2) is 0 Å². The standard InChI is InChI=1S/C15H22BrNO2/c1-15(2,10-17-3)5-4-11-8-13-14(9-12(11)16)19-7-6-18-13/h8-9,17H,4-7,10H2,1-3H3. The molecule has 0 spiro atoms. The number of rotatable bonds is 5. The number of hydrogen-bond acceptors (Lipinski definition) is 3. The van der Waals surface area contributed by atoms with Crippen LogP contribution in [0.3, 0.4) is 0 Å². The summed E-state index contributed by atoms with van der Waals surface area (Å²) in [5.74, 6) is 1.72. The van der Waals surface area contributed by atoms with E-state index in [4.69, 9.17) is 9.47 Å². The van der Waals surface area contributed by atoms with E-state index in [1.54, 1.807) is 0 Å². The lowest BCUT2D eigenvalue weighted by Gasteiger charge is -2.25. The van der Waals surface area contributed by atoms with Gasteiger partial charge < -0.3 is 14.8 Å². The van der Waals surface area contributed by atoms with Gasteiger partial charge in [0, 0.05) is 4.47 Å². The fourth-order valence-electron chi connectivity index (χ4n) is 2.34. The maximum absolute atomic E-state index is 5.64. The summed E-state index contributed by atoms with van der Waals surface area (Å²) in [6.07, 6.45) is 2.16. The molecular weight excluding hydrogens is 306 g/mol. The average molecular weight is 328 g/mol. The van der Waals surface area contributed by atoms with E-state index in [1.807, 2.05) is 13.1 Å². The summed E-state index contributed by atoms with van der Waals surface area (Å²) in [5, 5.41) is 3.25.